The average molecular weight is 383 g/mol. The van der Waals surface area contributed by atoms with Gasteiger partial charge in [-0.2, -0.15) is 0 Å². The summed E-state index contributed by atoms with van der Waals surface area (Å²) >= 11 is 0. The Kier molecular flexibility index (Phi) is 5.58. The van der Waals surface area contributed by atoms with E-state index in [1.165, 1.54) is 6.07 Å². The normalized spacial score (nSPS) is 16.1. The van der Waals surface area contributed by atoms with Gasteiger partial charge in [-0.3, -0.25) is 19.7 Å². The fourth-order valence-corrected chi connectivity index (χ4v) is 3.20. The number of nitro groups is 1. The minimum absolute atomic E-state index is 0.0624. The predicted octanol–water partition coefficient (Wildman–Crippen LogP) is 3.29. The second-order valence-corrected chi connectivity index (χ2v) is 6.55. The maximum Gasteiger partial charge on any atom is 0.274 e. The SMILES string of the molecule is CCOc1ccccc1N1C[C@@H](C(=O)Nc2ccc(C)c([N+](=O)[O-])c2)CC1=O. The molecule has 0 aromatic heterocycles. The second kappa shape index (κ2) is 8.08. The largest absolute Gasteiger partial charge is 0.492 e. The van der Waals surface area contributed by atoms with Crippen LogP contribution in [0.15, 0.2) is 42.5 Å². The highest BCUT2D eigenvalue weighted by Gasteiger charge is 2.36. The molecule has 1 saturated heterocycles. The van der Waals surface area contributed by atoms with Crippen molar-refractivity contribution in [3.05, 3.63) is 58.1 Å². The highest BCUT2D eigenvalue weighted by atomic mass is 16.6. The molecule has 1 heterocycles. The molecule has 0 saturated carbocycles. The maximum absolute atomic E-state index is 12.6. The number of rotatable bonds is 6. The molecule has 0 aliphatic carbocycles. The molecular weight excluding hydrogens is 362 g/mol. The fourth-order valence-electron chi connectivity index (χ4n) is 3.20. The Morgan fingerprint density at radius 2 is 2.07 bits per heavy atom. The lowest BCUT2D eigenvalue weighted by Gasteiger charge is -2.20. The molecule has 0 bridgehead atoms. The number of aryl methyl sites for hydroxylation is 1. The van der Waals surface area contributed by atoms with Gasteiger partial charge in [-0.05, 0) is 32.0 Å². The predicted molar refractivity (Wildman–Crippen MR) is 105 cm³/mol. The van der Waals surface area contributed by atoms with Crippen molar-refractivity contribution in [3.63, 3.8) is 0 Å². The van der Waals surface area contributed by atoms with Crippen LogP contribution in [0.25, 0.3) is 0 Å². The molecule has 1 aliphatic rings. The van der Waals surface area contributed by atoms with Crippen LogP contribution in [-0.4, -0.2) is 29.9 Å². The van der Waals surface area contributed by atoms with Crippen molar-refractivity contribution in [2.24, 2.45) is 5.92 Å². The first-order chi connectivity index (χ1) is 13.4. The van der Waals surface area contributed by atoms with Crippen molar-refractivity contribution in [3.8, 4) is 5.75 Å². The maximum atomic E-state index is 12.6. The smallest absolute Gasteiger partial charge is 0.274 e. The molecule has 1 atom stereocenters. The van der Waals surface area contributed by atoms with Gasteiger partial charge < -0.3 is 15.0 Å². The zero-order valence-corrected chi connectivity index (χ0v) is 15.7. The van der Waals surface area contributed by atoms with E-state index in [-0.39, 0.29) is 30.5 Å². The van der Waals surface area contributed by atoms with Crippen LogP contribution in [0.1, 0.15) is 18.9 Å². The number of benzene rings is 2. The number of hydrogen-bond acceptors (Lipinski definition) is 5. The van der Waals surface area contributed by atoms with Crippen molar-refractivity contribution in [1.29, 1.82) is 0 Å². The third-order valence-corrected chi connectivity index (χ3v) is 4.63. The summed E-state index contributed by atoms with van der Waals surface area (Å²) < 4.78 is 5.58. The number of carbonyl (C=O) groups excluding carboxylic acids is 2. The number of carbonyl (C=O) groups is 2. The van der Waals surface area contributed by atoms with Gasteiger partial charge in [0.05, 0.1) is 23.1 Å². The Balaban J connectivity index is 1.74. The Hall–Kier alpha value is -3.42. The van der Waals surface area contributed by atoms with Gasteiger partial charge in [-0.15, -0.1) is 0 Å². The first-order valence-electron chi connectivity index (χ1n) is 8.98. The highest BCUT2D eigenvalue weighted by Crippen LogP contribution is 2.33. The minimum atomic E-state index is -0.553. The summed E-state index contributed by atoms with van der Waals surface area (Å²) in [5.41, 5.74) is 1.42. The van der Waals surface area contributed by atoms with Gasteiger partial charge in [0.15, 0.2) is 0 Å². The molecule has 1 N–H and O–H groups in total. The summed E-state index contributed by atoms with van der Waals surface area (Å²) in [6, 6.07) is 11.7. The Morgan fingerprint density at radius 1 is 1.32 bits per heavy atom. The highest BCUT2D eigenvalue weighted by molar-refractivity contribution is 6.04. The molecular formula is C20H21N3O5. The summed E-state index contributed by atoms with van der Waals surface area (Å²) in [7, 11) is 0. The van der Waals surface area contributed by atoms with Crippen molar-refractivity contribution in [2.45, 2.75) is 20.3 Å². The Bertz CT molecular complexity index is 928. The zero-order valence-electron chi connectivity index (χ0n) is 15.7. The fraction of sp³-hybridized carbons (Fsp3) is 0.300. The molecule has 0 radical (unpaired) electrons. The second-order valence-electron chi connectivity index (χ2n) is 6.55. The number of amides is 2. The molecule has 0 unspecified atom stereocenters. The number of nitro benzene ring substituents is 1. The Labute approximate surface area is 162 Å². The van der Waals surface area contributed by atoms with Gasteiger partial charge in [0.2, 0.25) is 11.8 Å². The summed E-state index contributed by atoms with van der Waals surface area (Å²) in [6.45, 7) is 4.19. The molecule has 2 aromatic carbocycles. The summed E-state index contributed by atoms with van der Waals surface area (Å²) in [6.07, 6.45) is 0.0697. The molecule has 146 valence electrons. The summed E-state index contributed by atoms with van der Waals surface area (Å²) in [5.74, 6) is -0.471. The number of ether oxygens (including phenoxy) is 1. The monoisotopic (exact) mass is 383 g/mol. The lowest BCUT2D eigenvalue weighted by atomic mass is 10.1. The van der Waals surface area contributed by atoms with E-state index in [9.17, 15) is 19.7 Å². The molecule has 8 nitrogen and oxygen atoms in total. The number of hydrogen-bond donors (Lipinski definition) is 1. The topological polar surface area (TPSA) is 102 Å². The van der Waals surface area contributed by atoms with Gasteiger partial charge in [0.25, 0.3) is 5.69 Å². The van der Waals surface area contributed by atoms with E-state index in [0.717, 1.165) is 0 Å². The van der Waals surface area contributed by atoms with Crippen LogP contribution >= 0.6 is 0 Å². The van der Waals surface area contributed by atoms with Crippen LogP contribution in [0.5, 0.6) is 5.75 Å². The van der Waals surface area contributed by atoms with E-state index in [2.05, 4.69) is 5.32 Å². The molecule has 0 spiro atoms. The molecule has 28 heavy (non-hydrogen) atoms. The number of para-hydroxylation sites is 2. The molecule has 3 rings (SSSR count). The number of nitrogens with one attached hydrogen (secondary N) is 1. The van der Waals surface area contributed by atoms with Crippen molar-refractivity contribution < 1.29 is 19.2 Å². The number of nitrogens with zero attached hydrogens (tertiary/aromatic N) is 2. The Morgan fingerprint density at radius 3 is 2.79 bits per heavy atom. The summed E-state index contributed by atoms with van der Waals surface area (Å²) in [4.78, 5) is 37.2. The lowest BCUT2D eigenvalue weighted by molar-refractivity contribution is -0.385. The lowest BCUT2D eigenvalue weighted by Crippen LogP contribution is -2.28. The quantitative estimate of drug-likeness (QED) is 0.609. The van der Waals surface area contributed by atoms with E-state index in [4.69, 9.17) is 4.74 Å². The van der Waals surface area contributed by atoms with Gasteiger partial charge in [0.1, 0.15) is 5.75 Å². The molecule has 2 amide bonds. The average Bonchev–Trinajstić information content (AvgIpc) is 3.05. The molecule has 2 aromatic rings. The van der Waals surface area contributed by atoms with Gasteiger partial charge in [0, 0.05) is 30.3 Å². The van der Waals surface area contributed by atoms with Crippen molar-refractivity contribution in [2.75, 3.05) is 23.4 Å². The van der Waals surface area contributed by atoms with Crippen molar-refractivity contribution >= 4 is 28.9 Å². The van der Waals surface area contributed by atoms with E-state index in [0.29, 0.717) is 29.3 Å². The van der Waals surface area contributed by atoms with Crippen LogP contribution in [-0.2, 0) is 9.59 Å². The number of anilines is 2. The van der Waals surface area contributed by atoms with Gasteiger partial charge >= 0.3 is 0 Å². The molecule has 1 aliphatic heterocycles. The first kappa shape index (κ1) is 19.3. The molecule has 8 heteroatoms. The zero-order chi connectivity index (χ0) is 20.3. The van der Waals surface area contributed by atoms with Crippen LogP contribution in [0.4, 0.5) is 17.1 Å². The van der Waals surface area contributed by atoms with Crippen LogP contribution in [0.2, 0.25) is 0 Å². The first-order valence-corrected chi connectivity index (χ1v) is 8.98. The minimum Gasteiger partial charge on any atom is -0.492 e. The summed E-state index contributed by atoms with van der Waals surface area (Å²) in [5, 5.41) is 13.8. The van der Waals surface area contributed by atoms with Crippen LogP contribution in [0, 0.1) is 23.0 Å². The van der Waals surface area contributed by atoms with E-state index in [1.807, 2.05) is 19.1 Å². The van der Waals surface area contributed by atoms with E-state index in [1.54, 1.807) is 36.1 Å². The van der Waals surface area contributed by atoms with E-state index >= 15 is 0 Å². The van der Waals surface area contributed by atoms with Crippen LogP contribution < -0.4 is 15.0 Å². The third-order valence-electron chi connectivity index (χ3n) is 4.63. The van der Waals surface area contributed by atoms with Crippen LogP contribution in [0.3, 0.4) is 0 Å². The van der Waals surface area contributed by atoms with Gasteiger partial charge in [-0.1, -0.05) is 18.2 Å². The van der Waals surface area contributed by atoms with Gasteiger partial charge in [-0.25, -0.2) is 0 Å². The van der Waals surface area contributed by atoms with Crippen molar-refractivity contribution in [1.82, 2.24) is 0 Å². The standard InChI is InChI=1S/C20H21N3O5/c1-3-28-18-7-5-4-6-16(18)22-12-14(10-19(22)24)20(25)21-15-9-8-13(2)17(11-15)23(26)27/h4-9,11,14H,3,10,12H2,1-2H3,(H,21,25)/t14-/m0/s1. The molecule has 1 fully saturated rings. The van der Waals surface area contributed by atoms with E-state index < -0.39 is 10.8 Å². The third kappa shape index (κ3) is 3.95.